The van der Waals surface area contributed by atoms with Crippen LogP contribution >= 0.6 is 12.2 Å². The number of ether oxygens (including phenoxy) is 2. The monoisotopic (exact) mass is 464 g/mol. The van der Waals surface area contributed by atoms with Gasteiger partial charge in [0, 0.05) is 18.3 Å². The first kappa shape index (κ1) is 23.2. The zero-order valence-electron chi connectivity index (χ0n) is 17.6. The van der Waals surface area contributed by atoms with E-state index in [0.717, 1.165) is 0 Å². The third-order valence-electron chi connectivity index (χ3n) is 4.76. The first-order valence-corrected chi connectivity index (χ1v) is 9.93. The molecule has 2 aromatic rings. The summed E-state index contributed by atoms with van der Waals surface area (Å²) in [5, 5.41) is 10.0. The summed E-state index contributed by atoms with van der Waals surface area (Å²) in [6.07, 6.45) is 1.66. The maximum atomic E-state index is 13.3. The fourth-order valence-electron chi connectivity index (χ4n) is 3.34. The van der Waals surface area contributed by atoms with Crippen molar-refractivity contribution in [2.75, 3.05) is 19.0 Å². The SMILES string of the molecule is C=CCN1C(=S)N[C@@H](c2ccc(OC(F)F)c(OC)c2)C(C(=O)Nc2cc(C)on2)=C1C. The lowest BCUT2D eigenvalue weighted by Gasteiger charge is -2.37. The highest BCUT2D eigenvalue weighted by Gasteiger charge is 2.34. The van der Waals surface area contributed by atoms with Gasteiger partial charge in [0.25, 0.3) is 5.91 Å². The summed E-state index contributed by atoms with van der Waals surface area (Å²) in [5.41, 5.74) is 1.51. The Morgan fingerprint density at radius 3 is 2.75 bits per heavy atom. The van der Waals surface area contributed by atoms with E-state index in [1.165, 1.54) is 19.2 Å². The number of carbonyl (C=O) groups excluding carboxylic acids is 1. The van der Waals surface area contributed by atoms with Gasteiger partial charge >= 0.3 is 6.61 Å². The summed E-state index contributed by atoms with van der Waals surface area (Å²) in [5.74, 6) is 0.333. The van der Waals surface area contributed by atoms with Gasteiger partial charge in [0.05, 0.1) is 18.7 Å². The number of amides is 1. The van der Waals surface area contributed by atoms with Crippen LogP contribution in [-0.4, -0.2) is 41.3 Å². The molecule has 1 atom stereocenters. The van der Waals surface area contributed by atoms with Crippen molar-refractivity contribution in [1.29, 1.82) is 0 Å². The zero-order chi connectivity index (χ0) is 23.4. The van der Waals surface area contributed by atoms with E-state index in [4.69, 9.17) is 21.5 Å². The van der Waals surface area contributed by atoms with Crippen LogP contribution in [0.4, 0.5) is 14.6 Å². The number of nitrogens with zero attached hydrogens (tertiary/aromatic N) is 2. The molecule has 11 heteroatoms. The summed E-state index contributed by atoms with van der Waals surface area (Å²) in [7, 11) is 1.34. The van der Waals surface area contributed by atoms with Crippen LogP contribution in [0.15, 0.2) is 52.7 Å². The van der Waals surface area contributed by atoms with Gasteiger partial charge < -0.3 is 29.5 Å². The predicted octanol–water partition coefficient (Wildman–Crippen LogP) is 3.92. The number of methoxy groups -OCH3 is 1. The molecule has 32 heavy (non-hydrogen) atoms. The minimum atomic E-state index is -3.00. The van der Waals surface area contributed by atoms with Crippen molar-refractivity contribution in [2.45, 2.75) is 26.5 Å². The number of benzene rings is 1. The van der Waals surface area contributed by atoms with Crippen LogP contribution in [0.1, 0.15) is 24.3 Å². The van der Waals surface area contributed by atoms with Gasteiger partial charge in [0.2, 0.25) is 0 Å². The predicted molar refractivity (Wildman–Crippen MR) is 118 cm³/mol. The van der Waals surface area contributed by atoms with Crippen LogP contribution in [0.3, 0.4) is 0 Å². The quantitative estimate of drug-likeness (QED) is 0.449. The van der Waals surface area contributed by atoms with Crippen LogP contribution in [0, 0.1) is 6.92 Å². The van der Waals surface area contributed by atoms with Crippen molar-refractivity contribution >= 4 is 29.1 Å². The lowest BCUT2D eigenvalue weighted by molar-refractivity contribution is -0.113. The molecule has 2 heterocycles. The van der Waals surface area contributed by atoms with Crippen molar-refractivity contribution in [3.05, 3.63) is 59.5 Å². The highest BCUT2D eigenvalue weighted by Crippen LogP contribution is 2.36. The normalized spacial score (nSPS) is 16.1. The molecular weight excluding hydrogens is 442 g/mol. The maximum absolute atomic E-state index is 13.3. The average Bonchev–Trinajstić information content (AvgIpc) is 3.14. The highest BCUT2D eigenvalue weighted by atomic mass is 32.1. The van der Waals surface area contributed by atoms with Gasteiger partial charge in [-0.25, -0.2) is 0 Å². The van der Waals surface area contributed by atoms with Gasteiger partial charge in [-0.2, -0.15) is 8.78 Å². The largest absolute Gasteiger partial charge is 0.493 e. The highest BCUT2D eigenvalue weighted by molar-refractivity contribution is 7.80. The Labute approximate surface area is 188 Å². The molecule has 0 saturated heterocycles. The molecule has 0 bridgehead atoms. The van der Waals surface area contributed by atoms with Crippen molar-refractivity contribution in [1.82, 2.24) is 15.4 Å². The number of anilines is 1. The second-order valence-electron chi connectivity index (χ2n) is 6.85. The number of hydrogen-bond donors (Lipinski definition) is 2. The maximum Gasteiger partial charge on any atom is 0.387 e. The second-order valence-corrected chi connectivity index (χ2v) is 7.23. The Bertz CT molecular complexity index is 1070. The molecular formula is C21H22F2N4O4S. The van der Waals surface area contributed by atoms with E-state index in [-0.39, 0.29) is 17.3 Å². The number of aryl methyl sites for hydroxylation is 1. The summed E-state index contributed by atoms with van der Waals surface area (Å²) >= 11 is 5.48. The lowest BCUT2D eigenvalue weighted by Crippen LogP contribution is -2.48. The van der Waals surface area contributed by atoms with E-state index in [9.17, 15) is 13.6 Å². The van der Waals surface area contributed by atoms with E-state index >= 15 is 0 Å². The molecule has 8 nitrogen and oxygen atoms in total. The van der Waals surface area contributed by atoms with Crippen LogP contribution in [0.25, 0.3) is 0 Å². The number of aromatic nitrogens is 1. The first-order valence-electron chi connectivity index (χ1n) is 9.52. The number of thiocarbonyl (C=S) groups is 1. The van der Waals surface area contributed by atoms with Gasteiger partial charge in [0.15, 0.2) is 22.4 Å². The van der Waals surface area contributed by atoms with Gasteiger partial charge in [-0.3, -0.25) is 4.79 Å². The van der Waals surface area contributed by atoms with Crippen molar-refractivity contribution in [3.8, 4) is 11.5 Å². The topological polar surface area (TPSA) is 88.9 Å². The van der Waals surface area contributed by atoms with E-state index in [0.29, 0.717) is 34.3 Å². The number of nitrogens with one attached hydrogen (secondary N) is 2. The fourth-order valence-corrected chi connectivity index (χ4v) is 3.67. The number of halogens is 2. The molecule has 0 radical (unpaired) electrons. The molecule has 1 amide bonds. The Hall–Kier alpha value is -3.47. The number of carbonyl (C=O) groups is 1. The van der Waals surface area contributed by atoms with Crippen LogP contribution in [0.2, 0.25) is 0 Å². The molecule has 0 spiro atoms. The molecule has 1 aromatic carbocycles. The molecule has 1 aromatic heterocycles. The zero-order valence-corrected chi connectivity index (χ0v) is 18.5. The minimum absolute atomic E-state index is 0.0913. The van der Waals surface area contributed by atoms with E-state index in [2.05, 4.69) is 27.1 Å². The summed E-state index contributed by atoms with van der Waals surface area (Å²) in [4.78, 5) is 15.0. The van der Waals surface area contributed by atoms with E-state index in [1.807, 2.05) is 0 Å². The minimum Gasteiger partial charge on any atom is -0.493 e. The average molecular weight is 464 g/mol. The Morgan fingerprint density at radius 1 is 1.41 bits per heavy atom. The molecule has 0 unspecified atom stereocenters. The van der Waals surface area contributed by atoms with Gasteiger partial charge in [-0.05, 0) is 43.8 Å². The number of alkyl halides is 2. The number of rotatable bonds is 8. The van der Waals surface area contributed by atoms with Crippen LogP contribution < -0.4 is 20.1 Å². The molecule has 170 valence electrons. The Balaban J connectivity index is 2.04. The van der Waals surface area contributed by atoms with Gasteiger partial charge in [0.1, 0.15) is 5.76 Å². The van der Waals surface area contributed by atoms with E-state index < -0.39 is 18.6 Å². The first-order chi connectivity index (χ1) is 15.2. The summed E-state index contributed by atoms with van der Waals surface area (Å²) < 4.78 is 40.1. The molecule has 1 aliphatic heterocycles. The molecule has 0 aliphatic carbocycles. The number of allylic oxidation sites excluding steroid dienone is 1. The molecule has 1 aliphatic rings. The summed E-state index contributed by atoms with van der Waals surface area (Å²) in [6, 6.07) is 5.33. The fraction of sp³-hybridized carbons (Fsp3) is 0.286. The molecule has 0 fully saturated rings. The van der Waals surface area contributed by atoms with Crippen LogP contribution in [-0.2, 0) is 4.79 Å². The molecule has 2 N–H and O–H groups in total. The standard InChI is InChI=1S/C21H22F2N4O4S/c1-5-8-27-12(3)17(19(28)24-16-9-11(2)31-26-16)18(25-21(27)32)13-6-7-14(30-20(22)23)15(10-13)29-4/h5-7,9-10,18,20H,1,8H2,2-4H3,(H,25,32)(H,24,26,28)/t18-/m0/s1. The third-order valence-corrected chi connectivity index (χ3v) is 5.10. The van der Waals surface area contributed by atoms with Crippen molar-refractivity contribution in [3.63, 3.8) is 0 Å². The third kappa shape index (κ3) is 4.88. The molecule has 0 saturated carbocycles. The van der Waals surface area contributed by atoms with Gasteiger partial charge in [-0.15, -0.1) is 6.58 Å². The van der Waals surface area contributed by atoms with Crippen molar-refractivity contribution < 1.29 is 27.6 Å². The van der Waals surface area contributed by atoms with Crippen molar-refractivity contribution in [2.24, 2.45) is 0 Å². The molecule has 3 rings (SSSR count). The number of hydrogen-bond acceptors (Lipinski definition) is 6. The Morgan fingerprint density at radius 2 is 2.16 bits per heavy atom. The smallest absolute Gasteiger partial charge is 0.387 e. The van der Waals surface area contributed by atoms with Gasteiger partial charge in [-0.1, -0.05) is 17.3 Å². The van der Waals surface area contributed by atoms with Crippen LogP contribution in [0.5, 0.6) is 11.5 Å². The lowest BCUT2D eigenvalue weighted by atomic mass is 9.94. The van der Waals surface area contributed by atoms with E-state index in [1.54, 1.807) is 37.0 Å². The Kier molecular flexibility index (Phi) is 7.08. The second kappa shape index (κ2) is 9.77. The summed E-state index contributed by atoms with van der Waals surface area (Å²) in [6.45, 7) is 4.58.